The summed E-state index contributed by atoms with van der Waals surface area (Å²) in [4.78, 5) is 7.71. The Balaban J connectivity index is 2.18. The summed E-state index contributed by atoms with van der Waals surface area (Å²) < 4.78 is 37.1. The van der Waals surface area contributed by atoms with Crippen LogP contribution >= 0.6 is 11.8 Å². The molecule has 0 saturated heterocycles. The van der Waals surface area contributed by atoms with Gasteiger partial charge in [-0.1, -0.05) is 17.8 Å². The molecule has 0 spiro atoms. The monoisotopic (exact) mass is 281 g/mol. The number of alkyl halides is 3. The number of nitrogens with zero attached hydrogens (tertiary/aromatic N) is 3. The fraction of sp³-hybridized carbons (Fsp3) is 0.0833. The molecule has 96 valence electrons. The summed E-state index contributed by atoms with van der Waals surface area (Å²) in [7, 11) is 0. The van der Waals surface area contributed by atoms with E-state index in [9.17, 15) is 13.2 Å². The number of hydrogen-bond donors (Lipinski definition) is 0. The van der Waals surface area contributed by atoms with Crippen molar-refractivity contribution < 1.29 is 13.2 Å². The van der Waals surface area contributed by atoms with Crippen molar-refractivity contribution in [2.45, 2.75) is 16.2 Å². The fourth-order valence-corrected chi connectivity index (χ4v) is 2.00. The molecule has 0 fully saturated rings. The number of hydrogen-bond acceptors (Lipinski definition) is 4. The van der Waals surface area contributed by atoms with Gasteiger partial charge in [0.1, 0.15) is 21.8 Å². The van der Waals surface area contributed by atoms with Crippen LogP contribution < -0.4 is 0 Å². The van der Waals surface area contributed by atoms with Gasteiger partial charge in [-0.3, -0.25) is 0 Å². The van der Waals surface area contributed by atoms with Gasteiger partial charge in [-0.15, -0.1) is 0 Å². The van der Waals surface area contributed by atoms with Crippen LogP contribution in [0.3, 0.4) is 0 Å². The predicted octanol–water partition coefficient (Wildman–Crippen LogP) is 3.52. The first-order chi connectivity index (χ1) is 8.99. The SMILES string of the molecule is N#Cc1cccc(Sc2ccc(C(F)(F)F)cn2)n1. The topological polar surface area (TPSA) is 49.6 Å². The van der Waals surface area contributed by atoms with Crippen molar-refractivity contribution in [1.29, 1.82) is 5.26 Å². The smallest absolute Gasteiger partial charge is 0.249 e. The van der Waals surface area contributed by atoms with E-state index in [0.29, 0.717) is 10.1 Å². The third kappa shape index (κ3) is 3.45. The van der Waals surface area contributed by atoms with Gasteiger partial charge in [-0.05, 0) is 24.3 Å². The predicted molar refractivity (Wildman–Crippen MR) is 62.3 cm³/mol. The second kappa shape index (κ2) is 5.28. The summed E-state index contributed by atoms with van der Waals surface area (Å²) in [5, 5.41) is 9.58. The summed E-state index contributed by atoms with van der Waals surface area (Å²) in [5.41, 5.74) is -0.549. The van der Waals surface area contributed by atoms with Crippen LogP contribution in [0, 0.1) is 11.3 Å². The molecule has 3 nitrogen and oxygen atoms in total. The van der Waals surface area contributed by atoms with Crippen molar-refractivity contribution >= 4 is 11.8 Å². The normalized spacial score (nSPS) is 11.1. The molecule has 0 aliphatic heterocycles. The zero-order valence-corrected chi connectivity index (χ0v) is 10.2. The molecule has 0 radical (unpaired) electrons. The molecule has 0 saturated carbocycles. The average Bonchev–Trinajstić information content (AvgIpc) is 2.38. The molecule has 2 heterocycles. The molecule has 0 unspecified atom stereocenters. The Labute approximate surface area is 111 Å². The van der Waals surface area contributed by atoms with E-state index >= 15 is 0 Å². The molecule has 7 heteroatoms. The molecule has 0 amide bonds. The number of pyridine rings is 2. The van der Waals surface area contributed by atoms with Gasteiger partial charge in [0.05, 0.1) is 5.56 Å². The van der Waals surface area contributed by atoms with E-state index in [-0.39, 0.29) is 5.69 Å². The summed E-state index contributed by atoms with van der Waals surface area (Å²) in [5.74, 6) is 0. The minimum absolute atomic E-state index is 0.247. The molecule has 2 aromatic rings. The first kappa shape index (κ1) is 13.4. The van der Waals surface area contributed by atoms with Crippen molar-refractivity contribution in [1.82, 2.24) is 9.97 Å². The Morgan fingerprint density at radius 3 is 2.47 bits per heavy atom. The average molecular weight is 281 g/mol. The van der Waals surface area contributed by atoms with Crippen molar-refractivity contribution in [3.8, 4) is 6.07 Å². The highest BCUT2D eigenvalue weighted by atomic mass is 32.2. The van der Waals surface area contributed by atoms with Crippen LogP contribution in [0.2, 0.25) is 0 Å². The van der Waals surface area contributed by atoms with E-state index in [1.54, 1.807) is 18.2 Å². The van der Waals surface area contributed by atoms with Crippen LogP contribution in [0.25, 0.3) is 0 Å². The second-order valence-corrected chi connectivity index (χ2v) is 4.50. The molecule has 0 atom stereocenters. The quantitative estimate of drug-likeness (QED) is 0.845. The summed E-state index contributed by atoms with van der Waals surface area (Å²) in [6.07, 6.45) is -3.62. The van der Waals surface area contributed by atoms with Crippen molar-refractivity contribution in [3.05, 3.63) is 47.8 Å². The van der Waals surface area contributed by atoms with E-state index < -0.39 is 11.7 Å². The van der Waals surface area contributed by atoms with Gasteiger partial charge < -0.3 is 0 Å². The van der Waals surface area contributed by atoms with Crippen molar-refractivity contribution in [3.63, 3.8) is 0 Å². The molecule has 2 rings (SSSR count). The molecular weight excluding hydrogens is 275 g/mol. The number of aromatic nitrogens is 2. The van der Waals surface area contributed by atoms with Gasteiger partial charge in [0.2, 0.25) is 0 Å². The van der Waals surface area contributed by atoms with E-state index in [0.717, 1.165) is 24.0 Å². The number of rotatable bonds is 2. The van der Waals surface area contributed by atoms with Gasteiger partial charge >= 0.3 is 6.18 Å². The van der Waals surface area contributed by atoms with Crippen LogP contribution in [0.1, 0.15) is 11.3 Å². The Morgan fingerprint density at radius 1 is 1.11 bits per heavy atom. The van der Waals surface area contributed by atoms with Crippen LogP contribution in [0.5, 0.6) is 0 Å². The van der Waals surface area contributed by atoms with Crippen LogP contribution in [-0.2, 0) is 6.18 Å². The maximum atomic E-state index is 12.4. The highest BCUT2D eigenvalue weighted by Gasteiger charge is 2.30. The third-order valence-corrected chi connectivity index (χ3v) is 3.00. The Morgan fingerprint density at radius 2 is 1.89 bits per heavy atom. The van der Waals surface area contributed by atoms with Gasteiger partial charge in [-0.25, -0.2) is 9.97 Å². The Hall–Kier alpha value is -2.07. The van der Waals surface area contributed by atoms with Gasteiger partial charge in [-0.2, -0.15) is 18.4 Å². The zero-order valence-electron chi connectivity index (χ0n) is 9.35. The van der Waals surface area contributed by atoms with Crippen molar-refractivity contribution in [2.75, 3.05) is 0 Å². The molecule has 19 heavy (non-hydrogen) atoms. The van der Waals surface area contributed by atoms with Crippen molar-refractivity contribution in [2.24, 2.45) is 0 Å². The first-order valence-corrected chi connectivity index (χ1v) is 5.89. The highest BCUT2D eigenvalue weighted by Crippen LogP contribution is 2.30. The third-order valence-electron chi connectivity index (χ3n) is 2.11. The zero-order chi connectivity index (χ0) is 13.9. The molecule has 0 N–H and O–H groups in total. The maximum absolute atomic E-state index is 12.4. The van der Waals surface area contributed by atoms with Crippen LogP contribution in [-0.4, -0.2) is 9.97 Å². The lowest BCUT2D eigenvalue weighted by molar-refractivity contribution is -0.137. The van der Waals surface area contributed by atoms with Crippen LogP contribution in [0.15, 0.2) is 46.6 Å². The largest absolute Gasteiger partial charge is 0.417 e. The van der Waals surface area contributed by atoms with E-state index in [4.69, 9.17) is 5.26 Å². The Kier molecular flexibility index (Phi) is 3.71. The first-order valence-electron chi connectivity index (χ1n) is 5.07. The highest BCUT2D eigenvalue weighted by molar-refractivity contribution is 7.99. The van der Waals surface area contributed by atoms with Gasteiger partial charge in [0.15, 0.2) is 0 Å². The summed E-state index contributed by atoms with van der Waals surface area (Å²) >= 11 is 1.10. The molecule has 0 aromatic carbocycles. The number of halogens is 3. The standard InChI is InChI=1S/C12H6F3N3S/c13-12(14,15)8-4-5-10(17-7-8)19-11-3-1-2-9(6-16)18-11/h1-5,7H. The Bertz CT molecular complexity index is 617. The molecule has 2 aromatic heterocycles. The molecule has 0 aliphatic rings. The number of nitriles is 1. The second-order valence-electron chi connectivity index (χ2n) is 3.46. The molecule has 0 bridgehead atoms. The van der Waals surface area contributed by atoms with Crippen LogP contribution in [0.4, 0.5) is 13.2 Å². The molecule has 0 aliphatic carbocycles. The minimum atomic E-state index is -4.39. The lowest BCUT2D eigenvalue weighted by Gasteiger charge is -2.06. The van der Waals surface area contributed by atoms with Gasteiger partial charge in [0, 0.05) is 6.20 Å². The van der Waals surface area contributed by atoms with E-state index in [1.807, 2.05) is 6.07 Å². The fourth-order valence-electron chi connectivity index (χ4n) is 1.25. The lowest BCUT2D eigenvalue weighted by atomic mass is 10.3. The van der Waals surface area contributed by atoms with E-state index in [1.165, 1.54) is 6.07 Å². The minimum Gasteiger partial charge on any atom is -0.249 e. The van der Waals surface area contributed by atoms with E-state index in [2.05, 4.69) is 9.97 Å². The maximum Gasteiger partial charge on any atom is 0.417 e. The molecular formula is C12H6F3N3S. The lowest BCUT2D eigenvalue weighted by Crippen LogP contribution is -2.05. The summed E-state index contributed by atoms with van der Waals surface area (Å²) in [6.45, 7) is 0. The summed E-state index contributed by atoms with van der Waals surface area (Å²) in [6, 6.07) is 8.98. The van der Waals surface area contributed by atoms with Gasteiger partial charge in [0.25, 0.3) is 0 Å².